The van der Waals surface area contributed by atoms with Gasteiger partial charge in [-0.3, -0.25) is 19.7 Å². The van der Waals surface area contributed by atoms with Crippen molar-refractivity contribution < 1.29 is 18.9 Å². The summed E-state index contributed by atoms with van der Waals surface area (Å²) >= 11 is 1.37. The number of nitro groups is 1. The lowest BCUT2D eigenvalue weighted by atomic mass is 10.0. The molecule has 3 aromatic rings. The van der Waals surface area contributed by atoms with Gasteiger partial charge in [0.15, 0.2) is 0 Å². The standard InChI is InChI=1S/C29H32FN3O4S/c1-21(2)17-31-29(35)27(16-22-6-4-3-5-7-22)32(18-23-8-12-25(30)13-9-23)28(34)20-38-19-24-10-14-26(15-11-24)33(36)37/h3-15,21,27H,16-20H2,1-2H3,(H,31,35)/t27-/m0/s1. The van der Waals surface area contributed by atoms with Crippen LogP contribution in [0.1, 0.15) is 30.5 Å². The van der Waals surface area contributed by atoms with Gasteiger partial charge in [-0.1, -0.05) is 68.4 Å². The first-order valence-electron chi connectivity index (χ1n) is 12.4. The Kier molecular flexibility index (Phi) is 10.8. The molecular formula is C29H32FN3O4S. The van der Waals surface area contributed by atoms with Crippen molar-refractivity contribution in [3.8, 4) is 0 Å². The van der Waals surface area contributed by atoms with Crippen molar-refractivity contribution in [2.45, 2.75) is 38.6 Å². The first-order chi connectivity index (χ1) is 18.2. The van der Waals surface area contributed by atoms with Crippen LogP contribution < -0.4 is 5.32 Å². The fourth-order valence-corrected chi connectivity index (χ4v) is 4.69. The summed E-state index contributed by atoms with van der Waals surface area (Å²) in [5.41, 5.74) is 2.51. The molecule has 0 saturated heterocycles. The molecule has 0 aliphatic heterocycles. The number of nitro benzene ring substituents is 1. The second-order valence-corrected chi connectivity index (χ2v) is 10.4. The zero-order chi connectivity index (χ0) is 27.5. The zero-order valence-electron chi connectivity index (χ0n) is 21.5. The molecule has 0 aliphatic rings. The van der Waals surface area contributed by atoms with Crippen LogP contribution in [0.5, 0.6) is 0 Å². The minimum atomic E-state index is -0.756. The van der Waals surface area contributed by atoms with Gasteiger partial charge >= 0.3 is 0 Å². The summed E-state index contributed by atoms with van der Waals surface area (Å²) in [7, 11) is 0. The van der Waals surface area contributed by atoms with Crippen LogP contribution >= 0.6 is 11.8 Å². The summed E-state index contributed by atoms with van der Waals surface area (Å²) in [4.78, 5) is 39.0. The van der Waals surface area contributed by atoms with Crippen LogP contribution in [-0.4, -0.2) is 40.0 Å². The highest BCUT2D eigenvalue weighted by Crippen LogP contribution is 2.20. The van der Waals surface area contributed by atoms with Crippen molar-refractivity contribution in [1.82, 2.24) is 10.2 Å². The number of nitrogens with one attached hydrogen (secondary N) is 1. The van der Waals surface area contributed by atoms with Crippen molar-refractivity contribution in [3.63, 3.8) is 0 Å². The lowest BCUT2D eigenvalue weighted by molar-refractivity contribution is -0.384. The number of amides is 2. The number of non-ortho nitro benzene ring substituents is 1. The average molecular weight is 538 g/mol. The second kappa shape index (κ2) is 14.3. The Labute approximate surface area is 226 Å². The zero-order valence-corrected chi connectivity index (χ0v) is 22.3. The van der Waals surface area contributed by atoms with Gasteiger partial charge in [0.25, 0.3) is 5.69 Å². The van der Waals surface area contributed by atoms with E-state index in [1.807, 2.05) is 44.2 Å². The Hall–Kier alpha value is -3.72. The van der Waals surface area contributed by atoms with Gasteiger partial charge < -0.3 is 10.2 Å². The maximum Gasteiger partial charge on any atom is 0.269 e. The van der Waals surface area contributed by atoms with Crippen molar-refractivity contribution in [2.24, 2.45) is 5.92 Å². The third-order valence-electron chi connectivity index (χ3n) is 5.86. The summed E-state index contributed by atoms with van der Waals surface area (Å²) in [6.07, 6.45) is 0.338. The molecule has 3 rings (SSSR count). The van der Waals surface area contributed by atoms with E-state index in [0.29, 0.717) is 18.7 Å². The van der Waals surface area contributed by atoms with Gasteiger partial charge in [-0.25, -0.2) is 4.39 Å². The van der Waals surface area contributed by atoms with E-state index in [9.17, 15) is 24.1 Å². The molecular weight excluding hydrogens is 505 g/mol. The second-order valence-electron chi connectivity index (χ2n) is 9.41. The number of thioether (sulfide) groups is 1. The van der Waals surface area contributed by atoms with E-state index in [1.54, 1.807) is 29.2 Å². The number of halogens is 1. The highest BCUT2D eigenvalue weighted by atomic mass is 32.2. The maximum absolute atomic E-state index is 13.6. The predicted molar refractivity (Wildman–Crippen MR) is 148 cm³/mol. The molecule has 38 heavy (non-hydrogen) atoms. The van der Waals surface area contributed by atoms with E-state index in [4.69, 9.17) is 0 Å². The lowest BCUT2D eigenvalue weighted by Gasteiger charge is -2.32. The smallest absolute Gasteiger partial charge is 0.269 e. The van der Waals surface area contributed by atoms with Crippen molar-refractivity contribution in [1.29, 1.82) is 0 Å². The highest BCUT2D eigenvalue weighted by Gasteiger charge is 2.30. The quantitative estimate of drug-likeness (QED) is 0.233. The number of benzene rings is 3. The number of carbonyl (C=O) groups excluding carboxylic acids is 2. The van der Waals surface area contributed by atoms with E-state index in [0.717, 1.165) is 16.7 Å². The molecule has 0 bridgehead atoms. The first-order valence-corrected chi connectivity index (χ1v) is 13.5. The Morgan fingerprint density at radius 2 is 1.58 bits per heavy atom. The summed E-state index contributed by atoms with van der Waals surface area (Å²) in [6.45, 7) is 4.65. The number of hydrogen-bond acceptors (Lipinski definition) is 5. The molecule has 0 spiro atoms. The third kappa shape index (κ3) is 8.99. The molecule has 2 amide bonds. The van der Waals surface area contributed by atoms with Crippen molar-refractivity contribution in [2.75, 3.05) is 12.3 Å². The largest absolute Gasteiger partial charge is 0.354 e. The minimum absolute atomic E-state index is 0.0106. The van der Waals surface area contributed by atoms with E-state index in [1.165, 1.54) is 36.0 Å². The third-order valence-corrected chi connectivity index (χ3v) is 6.85. The Bertz CT molecular complexity index is 1200. The molecule has 0 aliphatic carbocycles. The topological polar surface area (TPSA) is 92.6 Å². The maximum atomic E-state index is 13.6. The molecule has 0 radical (unpaired) electrons. The SMILES string of the molecule is CC(C)CNC(=O)[C@H](Cc1ccccc1)N(Cc1ccc(F)cc1)C(=O)CSCc1ccc([N+](=O)[O-])cc1. The van der Waals surface area contributed by atoms with Gasteiger partial charge in [0.05, 0.1) is 10.7 Å². The van der Waals surface area contributed by atoms with Gasteiger partial charge in [0, 0.05) is 37.4 Å². The van der Waals surface area contributed by atoms with Gasteiger partial charge in [-0.2, -0.15) is 0 Å². The van der Waals surface area contributed by atoms with Crippen LogP contribution in [0.3, 0.4) is 0 Å². The molecule has 0 saturated carbocycles. The molecule has 3 aromatic carbocycles. The predicted octanol–water partition coefficient (Wildman–Crippen LogP) is 5.38. The summed E-state index contributed by atoms with van der Waals surface area (Å²) in [5.74, 6) is 0.00803. The van der Waals surface area contributed by atoms with Crippen LogP contribution in [0.25, 0.3) is 0 Å². The van der Waals surface area contributed by atoms with Gasteiger partial charge in [0.2, 0.25) is 11.8 Å². The van der Waals surface area contributed by atoms with Crippen LogP contribution in [-0.2, 0) is 28.3 Å². The van der Waals surface area contributed by atoms with Crippen LogP contribution in [0, 0.1) is 21.8 Å². The number of nitrogens with zero attached hydrogens (tertiary/aromatic N) is 2. The first kappa shape index (κ1) is 28.8. The van der Waals surface area contributed by atoms with Gasteiger partial charge in [0.1, 0.15) is 11.9 Å². The molecule has 9 heteroatoms. The summed E-state index contributed by atoms with van der Waals surface area (Å²) in [6, 6.07) is 20.9. The van der Waals surface area contributed by atoms with Crippen LogP contribution in [0.15, 0.2) is 78.9 Å². The number of hydrogen-bond donors (Lipinski definition) is 1. The minimum Gasteiger partial charge on any atom is -0.354 e. The molecule has 1 atom stereocenters. The van der Waals surface area contributed by atoms with Crippen LogP contribution in [0.2, 0.25) is 0 Å². The number of carbonyl (C=O) groups is 2. The monoisotopic (exact) mass is 537 g/mol. The molecule has 200 valence electrons. The highest BCUT2D eigenvalue weighted by molar-refractivity contribution is 7.99. The van der Waals surface area contributed by atoms with Gasteiger partial charge in [-0.05, 0) is 34.7 Å². The van der Waals surface area contributed by atoms with E-state index in [-0.39, 0.29) is 41.5 Å². The fraction of sp³-hybridized carbons (Fsp3) is 0.310. The Balaban J connectivity index is 1.81. The summed E-state index contributed by atoms with van der Waals surface area (Å²) in [5, 5.41) is 13.9. The van der Waals surface area contributed by atoms with E-state index in [2.05, 4.69) is 5.32 Å². The van der Waals surface area contributed by atoms with E-state index >= 15 is 0 Å². The van der Waals surface area contributed by atoms with Crippen molar-refractivity contribution >= 4 is 29.3 Å². The number of rotatable bonds is 13. The summed E-state index contributed by atoms with van der Waals surface area (Å²) < 4.78 is 13.5. The molecule has 1 N–H and O–H groups in total. The van der Waals surface area contributed by atoms with Crippen molar-refractivity contribution in [3.05, 3.63) is 111 Å². The average Bonchev–Trinajstić information content (AvgIpc) is 2.91. The van der Waals surface area contributed by atoms with Gasteiger partial charge in [-0.15, -0.1) is 11.8 Å². The van der Waals surface area contributed by atoms with Crippen LogP contribution in [0.4, 0.5) is 10.1 Å². The fourth-order valence-electron chi connectivity index (χ4n) is 3.82. The normalized spacial score (nSPS) is 11.7. The van der Waals surface area contributed by atoms with E-state index < -0.39 is 11.0 Å². The Morgan fingerprint density at radius 1 is 0.947 bits per heavy atom. The molecule has 0 aromatic heterocycles. The molecule has 0 fully saturated rings. The Morgan fingerprint density at radius 3 is 2.18 bits per heavy atom. The lowest BCUT2D eigenvalue weighted by Crippen LogP contribution is -2.51. The molecule has 7 nitrogen and oxygen atoms in total. The molecule has 0 heterocycles. The molecule has 0 unspecified atom stereocenters.